The number of nitrogens with one attached hydrogen (secondary N) is 1. The minimum Gasteiger partial charge on any atom is -0.481 e. The highest BCUT2D eigenvalue weighted by molar-refractivity contribution is 5.77. The van der Waals surface area contributed by atoms with Crippen molar-refractivity contribution in [2.75, 3.05) is 6.54 Å². The molecule has 1 aromatic carbocycles. The smallest absolute Gasteiger partial charge is 0.407 e. The average molecular weight is 283 g/mol. The van der Waals surface area contributed by atoms with Crippen LogP contribution in [0.15, 0.2) is 24.3 Å². The molecule has 1 atom stereocenters. The van der Waals surface area contributed by atoms with Gasteiger partial charge in [-0.1, -0.05) is 12.1 Å². The van der Waals surface area contributed by atoms with Crippen LogP contribution in [0.4, 0.5) is 9.18 Å². The Morgan fingerprint density at radius 1 is 1.30 bits per heavy atom. The van der Waals surface area contributed by atoms with E-state index in [2.05, 4.69) is 5.32 Å². The number of halogens is 1. The Kier molecular flexibility index (Phi) is 5.07. The number of aliphatic carboxylic acids is 1. The number of alkyl carbamates (subject to hydrolysis) is 1. The summed E-state index contributed by atoms with van der Waals surface area (Å²) in [6, 6.07) is 5.12. The van der Waals surface area contributed by atoms with E-state index in [1.54, 1.807) is 20.8 Å². The molecule has 0 saturated heterocycles. The van der Waals surface area contributed by atoms with E-state index in [0.29, 0.717) is 5.56 Å². The molecule has 0 unspecified atom stereocenters. The Morgan fingerprint density at radius 2 is 1.85 bits per heavy atom. The molecule has 2 N–H and O–H groups in total. The second-order valence-corrected chi connectivity index (χ2v) is 5.33. The second kappa shape index (κ2) is 6.36. The van der Waals surface area contributed by atoms with Crippen LogP contribution in [0.25, 0.3) is 0 Å². The van der Waals surface area contributed by atoms with Crippen LogP contribution in [-0.4, -0.2) is 29.3 Å². The predicted molar refractivity (Wildman–Crippen MR) is 71.0 cm³/mol. The van der Waals surface area contributed by atoms with E-state index in [0.717, 1.165) is 0 Å². The molecule has 20 heavy (non-hydrogen) atoms. The molecule has 0 aromatic heterocycles. The van der Waals surface area contributed by atoms with Gasteiger partial charge in [0, 0.05) is 6.54 Å². The molecule has 0 aliphatic heterocycles. The van der Waals surface area contributed by atoms with Crippen molar-refractivity contribution in [3.8, 4) is 0 Å². The number of benzene rings is 1. The number of carbonyl (C=O) groups is 2. The van der Waals surface area contributed by atoms with E-state index >= 15 is 0 Å². The van der Waals surface area contributed by atoms with Crippen molar-refractivity contribution < 1.29 is 23.8 Å². The van der Waals surface area contributed by atoms with E-state index in [4.69, 9.17) is 9.84 Å². The highest BCUT2D eigenvalue weighted by Gasteiger charge is 2.22. The molecule has 1 aromatic rings. The maximum atomic E-state index is 12.8. The van der Waals surface area contributed by atoms with Crippen LogP contribution in [0.1, 0.15) is 32.3 Å². The molecule has 0 fully saturated rings. The average Bonchev–Trinajstić information content (AvgIpc) is 2.29. The predicted octanol–water partition coefficient (Wildman–Crippen LogP) is 2.52. The van der Waals surface area contributed by atoms with Crippen LogP contribution in [0, 0.1) is 5.82 Å². The summed E-state index contributed by atoms with van der Waals surface area (Å²) >= 11 is 0. The zero-order valence-electron chi connectivity index (χ0n) is 11.6. The van der Waals surface area contributed by atoms with E-state index in [1.807, 2.05) is 0 Å². The summed E-state index contributed by atoms with van der Waals surface area (Å²) in [7, 11) is 0. The van der Waals surface area contributed by atoms with Crippen molar-refractivity contribution in [1.29, 1.82) is 0 Å². The van der Waals surface area contributed by atoms with Gasteiger partial charge in [-0.15, -0.1) is 0 Å². The first kappa shape index (κ1) is 15.9. The number of hydrogen-bond donors (Lipinski definition) is 2. The Labute approximate surface area is 116 Å². The van der Waals surface area contributed by atoms with Gasteiger partial charge >= 0.3 is 12.1 Å². The third-order valence-corrected chi connectivity index (χ3v) is 2.42. The third-order valence-electron chi connectivity index (χ3n) is 2.42. The minimum atomic E-state index is -1.10. The van der Waals surface area contributed by atoms with Crippen LogP contribution in [0.5, 0.6) is 0 Å². The maximum absolute atomic E-state index is 12.8. The highest BCUT2D eigenvalue weighted by atomic mass is 19.1. The SMILES string of the molecule is CC(C)(C)OC(=O)NC[C@H](C(=O)O)c1ccc(F)cc1. The van der Waals surface area contributed by atoms with Gasteiger partial charge in [-0.05, 0) is 38.5 Å². The molecule has 1 amide bonds. The molecular formula is C14H18FNO4. The van der Waals surface area contributed by atoms with E-state index in [9.17, 15) is 14.0 Å². The Bertz CT molecular complexity index is 479. The fraction of sp³-hybridized carbons (Fsp3) is 0.429. The number of rotatable bonds is 4. The first-order chi connectivity index (χ1) is 9.19. The van der Waals surface area contributed by atoms with Crippen LogP contribution >= 0.6 is 0 Å². The van der Waals surface area contributed by atoms with Crippen LogP contribution in [0.3, 0.4) is 0 Å². The molecule has 0 saturated carbocycles. The molecule has 0 aliphatic carbocycles. The summed E-state index contributed by atoms with van der Waals surface area (Å²) in [4.78, 5) is 22.7. The molecule has 0 radical (unpaired) electrons. The largest absolute Gasteiger partial charge is 0.481 e. The van der Waals surface area contributed by atoms with Crippen molar-refractivity contribution in [3.05, 3.63) is 35.6 Å². The fourth-order valence-corrected chi connectivity index (χ4v) is 1.54. The fourth-order valence-electron chi connectivity index (χ4n) is 1.54. The number of carboxylic acids is 1. The van der Waals surface area contributed by atoms with E-state index in [1.165, 1.54) is 24.3 Å². The first-order valence-corrected chi connectivity index (χ1v) is 6.14. The van der Waals surface area contributed by atoms with Gasteiger partial charge in [-0.2, -0.15) is 0 Å². The summed E-state index contributed by atoms with van der Waals surface area (Å²) in [6.07, 6.45) is -0.689. The standard InChI is InChI=1S/C14H18FNO4/c1-14(2,3)20-13(19)16-8-11(12(17)18)9-4-6-10(15)7-5-9/h4-7,11H,8H2,1-3H3,(H,16,19)(H,17,18)/t11-/m0/s1. The normalized spacial score (nSPS) is 12.6. The van der Waals surface area contributed by atoms with Crippen molar-refractivity contribution >= 4 is 12.1 Å². The van der Waals surface area contributed by atoms with Crippen LogP contribution in [0.2, 0.25) is 0 Å². The monoisotopic (exact) mass is 283 g/mol. The number of hydrogen-bond acceptors (Lipinski definition) is 3. The van der Waals surface area contributed by atoms with Gasteiger partial charge in [-0.3, -0.25) is 4.79 Å². The lowest BCUT2D eigenvalue weighted by atomic mass is 9.99. The molecule has 6 heteroatoms. The summed E-state index contributed by atoms with van der Waals surface area (Å²) in [5.41, 5.74) is -0.242. The number of ether oxygens (including phenoxy) is 1. The van der Waals surface area contributed by atoms with Crippen molar-refractivity contribution in [3.63, 3.8) is 0 Å². The molecule has 0 bridgehead atoms. The summed E-state index contributed by atoms with van der Waals surface area (Å²) in [5.74, 6) is -2.51. The molecule has 1 rings (SSSR count). The van der Waals surface area contributed by atoms with Crippen molar-refractivity contribution in [2.45, 2.75) is 32.3 Å². The third kappa shape index (κ3) is 5.26. The number of carbonyl (C=O) groups excluding carboxylic acids is 1. The van der Waals surface area contributed by atoms with Gasteiger partial charge in [0.2, 0.25) is 0 Å². The van der Waals surface area contributed by atoms with Gasteiger partial charge in [0.05, 0.1) is 5.92 Å². The summed E-state index contributed by atoms with van der Waals surface area (Å²) < 4.78 is 17.8. The zero-order chi connectivity index (χ0) is 15.3. The quantitative estimate of drug-likeness (QED) is 0.890. The van der Waals surface area contributed by atoms with Crippen molar-refractivity contribution in [2.24, 2.45) is 0 Å². The molecule has 0 heterocycles. The van der Waals surface area contributed by atoms with Gasteiger partial charge in [-0.25, -0.2) is 9.18 Å². The lowest BCUT2D eigenvalue weighted by Gasteiger charge is -2.21. The second-order valence-electron chi connectivity index (χ2n) is 5.33. The van der Waals surface area contributed by atoms with Gasteiger partial charge < -0.3 is 15.2 Å². The lowest BCUT2D eigenvalue weighted by Crippen LogP contribution is -2.36. The Balaban J connectivity index is 2.67. The molecule has 0 aliphatic rings. The highest BCUT2D eigenvalue weighted by Crippen LogP contribution is 2.16. The Morgan fingerprint density at radius 3 is 2.30 bits per heavy atom. The zero-order valence-corrected chi connectivity index (χ0v) is 11.6. The van der Waals surface area contributed by atoms with Gasteiger partial charge in [0.25, 0.3) is 0 Å². The lowest BCUT2D eigenvalue weighted by molar-refractivity contribution is -0.138. The van der Waals surface area contributed by atoms with E-state index in [-0.39, 0.29) is 6.54 Å². The maximum Gasteiger partial charge on any atom is 0.407 e. The van der Waals surface area contributed by atoms with Gasteiger partial charge in [0.15, 0.2) is 0 Å². The Hall–Kier alpha value is -2.11. The van der Waals surface area contributed by atoms with Gasteiger partial charge in [0.1, 0.15) is 11.4 Å². The molecule has 110 valence electrons. The summed E-state index contributed by atoms with van der Waals surface area (Å²) in [6.45, 7) is 5.00. The first-order valence-electron chi connectivity index (χ1n) is 6.14. The topological polar surface area (TPSA) is 75.6 Å². The molecule has 0 spiro atoms. The van der Waals surface area contributed by atoms with E-state index < -0.39 is 29.4 Å². The van der Waals surface area contributed by atoms with Crippen LogP contribution in [-0.2, 0) is 9.53 Å². The number of amides is 1. The summed E-state index contributed by atoms with van der Waals surface area (Å²) in [5, 5.41) is 11.6. The minimum absolute atomic E-state index is 0.129. The number of carboxylic acid groups (broad SMARTS) is 1. The van der Waals surface area contributed by atoms with Crippen LogP contribution < -0.4 is 5.32 Å². The molecule has 5 nitrogen and oxygen atoms in total. The molecular weight excluding hydrogens is 265 g/mol. The van der Waals surface area contributed by atoms with Crippen molar-refractivity contribution in [1.82, 2.24) is 5.32 Å².